The van der Waals surface area contributed by atoms with Crippen molar-refractivity contribution in [2.45, 2.75) is 37.5 Å². The van der Waals surface area contributed by atoms with Gasteiger partial charge in [0.15, 0.2) is 0 Å². The zero-order valence-corrected chi connectivity index (χ0v) is 18.4. The molecule has 1 fully saturated rings. The Morgan fingerprint density at radius 2 is 2.00 bits per heavy atom. The summed E-state index contributed by atoms with van der Waals surface area (Å²) < 4.78 is 30.6. The van der Waals surface area contributed by atoms with Crippen molar-refractivity contribution in [1.29, 1.82) is 0 Å². The number of amides is 2. The Balaban J connectivity index is 1.52. The van der Waals surface area contributed by atoms with Crippen LogP contribution in [-0.2, 0) is 14.3 Å². The van der Waals surface area contributed by atoms with E-state index in [2.05, 4.69) is 5.32 Å². The largest absolute Gasteiger partial charge is 0.490 e. The van der Waals surface area contributed by atoms with E-state index in [9.17, 15) is 18.8 Å². The molecule has 33 heavy (non-hydrogen) atoms. The lowest BCUT2D eigenvalue weighted by molar-refractivity contribution is -0.151. The normalized spacial score (nSPS) is 22.2. The fourth-order valence-corrected chi connectivity index (χ4v) is 4.22. The number of fused-ring (bicyclic) bond motifs is 2. The molecule has 2 amide bonds. The van der Waals surface area contributed by atoms with Crippen LogP contribution in [0.5, 0.6) is 5.75 Å². The molecule has 0 aromatic heterocycles. The van der Waals surface area contributed by atoms with Crippen molar-refractivity contribution in [2.24, 2.45) is 0 Å². The quantitative estimate of drug-likeness (QED) is 0.711. The first-order valence-corrected chi connectivity index (χ1v) is 10.7. The number of benzene rings is 2. The molecule has 0 aliphatic carbocycles. The number of carbonyl (C=O) groups excluding carboxylic acids is 3. The highest BCUT2D eigenvalue weighted by Gasteiger charge is 2.39. The summed E-state index contributed by atoms with van der Waals surface area (Å²) in [5, 5.41) is 2.63. The molecular formula is C24H25FN2O6. The Morgan fingerprint density at radius 1 is 1.21 bits per heavy atom. The summed E-state index contributed by atoms with van der Waals surface area (Å²) in [6, 6.07) is 10.1. The van der Waals surface area contributed by atoms with Gasteiger partial charge in [-0.2, -0.15) is 0 Å². The second-order valence-corrected chi connectivity index (χ2v) is 8.09. The lowest BCUT2D eigenvalue weighted by Crippen LogP contribution is -2.53. The van der Waals surface area contributed by atoms with Crippen molar-refractivity contribution in [3.05, 3.63) is 59.4 Å². The molecule has 3 atom stereocenters. The van der Waals surface area contributed by atoms with E-state index in [1.54, 1.807) is 30.1 Å². The van der Waals surface area contributed by atoms with Gasteiger partial charge in [0.05, 0.1) is 36.8 Å². The molecule has 1 N–H and O–H groups in total. The van der Waals surface area contributed by atoms with Gasteiger partial charge in [0.1, 0.15) is 24.3 Å². The summed E-state index contributed by atoms with van der Waals surface area (Å²) in [5.41, 5.74) is 0.550. The Labute approximate surface area is 190 Å². The third-order valence-corrected chi connectivity index (χ3v) is 6.01. The van der Waals surface area contributed by atoms with E-state index in [1.165, 1.54) is 31.4 Å². The van der Waals surface area contributed by atoms with E-state index >= 15 is 0 Å². The maximum Gasteiger partial charge on any atom is 0.308 e. The first kappa shape index (κ1) is 22.7. The van der Waals surface area contributed by atoms with Gasteiger partial charge in [-0.15, -0.1) is 0 Å². The van der Waals surface area contributed by atoms with Crippen LogP contribution in [0.2, 0.25) is 0 Å². The topological polar surface area (TPSA) is 94.2 Å². The standard InChI is InChI=1S/C24H25FN2O6/c1-27-19-9-8-15(12-22(28)31-2)33-21(19)13-32-20-10-7-14(11-17(20)24(27)30)26-23(29)16-5-3-4-6-18(16)25/h3-7,10-11,15,19,21H,8-9,12-13H2,1-2H3,(H,26,29)/t15-,19-,21-/m0/s1. The molecule has 8 nitrogen and oxygen atoms in total. The number of methoxy groups -OCH3 is 1. The van der Waals surface area contributed by atoms with Gasteiger partial charge in [0.2, 0.25) is 0 Å². The Morgan fingerprint density at radius 3 is 2.76 bits per heavy atom. The van der Waals surface area contributed by atoms with Gasteiger partial charge in [0, 0.05) is 12.7 Å². The van der Waals surface area contributed by atoms with Gasteiger partial charge in [0.25, 0.3) is 11.8 Å². The number of rotatable bonds is 4. The van der Waals surface area contributed by atoms with Crippen LogP contribution >= 0.6 is 0 Å². The molecule has 1 saturated heterocycles. The second kappa shape index (κ2) is 9.58. The second-order valence-electron chi connectivity index (χ2n) is 8.09. The van der Waals surface area contributed by atoms with Gasteiger partial charge >= 0.3 is 5.97 Å². The zero-order chi connectivity index (χ0) is 23.5. The van der Waals surface area contributed by atoms with Crippen LogP contribution in [0.25, 0.3) is 0 Å². The molecule has 9 heteroatoms. The summed E-state index contributed by atoms with van der Waals surface area (Å²) in [5.74, 6) is -1.51. The van der Waals surface area contributed by atoms with Crippen molar-refractivity contribution < 1.29 is 33.0 Å². The zero-order valence-electron chi connectivity index (χ0n) is 18.4. The third kappa shape index (κ3) is 4.83. The van der Waals surface area contributed by atoms with Crippen LogP contribution in [0.3, 0.4) is 0 Å². The number of hydrogen-bond acceptors (Lipinski definition) is 6. The van der Waals surface area contributed by atoms with Crippen LogP contribution in [-0.4, -0.2) is 61.7 Å². The Kier molecular flexibility index (Phi) is 6.60. The molecule has 2 aromatic carbocycles. The molecule has 0 bridgehead atoms. The number of carbonyl (C=O) groups is 3. The van der Waals surface area contributed by atoms with Crippen LogP contribution < -0.4 is 10.1 Å². The van der Waals surface area contributed by atoms with Crippen molar-refractivity contribution in [1.82, 2.24) is 4.90 Å². The summed E-state index contributed by atoms with van der Waals surface area (Å²) in [4.78, 5) is 38.9. The maximum absolute atomic E-state index is 13.9. The number of hydrogen-bond donors (Lipinski definition) is 1. The Bertz CT molecular complexity index is 1070. The molecule has 0 radical (unpaired) electrons. The Hall–Kier alpha value is -3.46. The predicted molar refractivity (Wildman–Crippen MR) is 117 cm³/mol. The fourth-order valence-electron chi connectivity index (χ4n) is 4.22. The predicted octanol–water partition coefficient (Wildman–Crippen LogP) is 3.02. The average Bonchev–Trinajstić information content (AvgIpc) is 2.82. The van der Waals surface area contributed by atoms with Crippen LogP contribution in [0.1, 0.15) is 40.0 Å². The minimum absolute atomic E-state index is 0.0901. The van der Waals surface area contributed by atoms with Gasteiger partial charge in [-0.25, -0.2) is 4.39 Å². The van der Waals surface area contributed by atoms with E-state index in [-0.39, 0.29) is 42.6 Å². The first-order valence-electron chi connectivity index (χ1n) is 10.7. The number of ether oxygens (including phenoxy) is 3. The first-order chi connectivity index (χ1) is 15.9. The lowest BCUT2D eigenvalue weighted by atomic mass is 9.94. The highest BCUT2D eigenvalue weighted by atomic mass is 19.1. The van der Waals surface area contributed by atoms with Crippen LogP contribution in [0.15, 0.2) is 42.5 Å². The fraction of sp³-hybridized carbons (Fsp3) is 0.375. The van der Waals surface area contributed by atoms with E-state index < -0.39 is 17.8 Å². The highest BCUT2D eigenvalue weighted by molar-refractivity contribution is 6.05. The van der Waals surface area contributed by atoms with E-state index in [0.29, 0.717) is 29.8 Å². The van der Waals surface area contributed by atoms with Gasteiger partial charge in [-0.1, -0.05) is 12.1 Å². The summed E-state index contributed by atoms with van der Waals surface area (Å²) >= 11 is 0. The minimum Gasteiger partial charge on any atom is -0.490 e. The number of anilines is 1. The maximum atomic E-state index is 13.9. The van der Waals surface area contributed by atoms with E-state index in [0.717, 1.165) is 0 Å². The molecule has 2 aliphatic heterocycles. The van der Waals surface area contributed by atoms with Gasteiger partial charge in [-0.3, -0.25) is 14.4 Å². The van der Waals surface area contributed by atoms with E-state index in [4.69, 9.17) is 14.2 Å². The lowest BCUT2D eigenvalue weighted by Gasteiger charge is -2.42. The molecule has 0 saturated carbocycles. The van der Waals surface area contributed by atoms with E-state index in [1.807, 2.05) is 0 Å². The summed E-state index contributed by atoms with van der Waals surface area (Å²) in [6.45, 7) is 0.202. The smallest absolute Gasteiger partial charge is 0.308 e. The van der Waals surface area contributed by atoms with Crippen molar-refractivity contribution >= 4 is 23.5 Å². The summed E-state index contributed by atoms with van der Waals surface area (Å²) in [7, 11) is 3.03. The average molecular weight is 456 g/mol. The van der Waals surface area contributed by atoms with Crippen molar-refractivity contribution in [2.75, 3.05) is 26.1 Å². The molecular weight excluding hydrogens is 431 g/mol. The van der Waals surface area contributed by atoms with Crippen LogP contribution in [0, 0.1) is 5.82 Å². The number of esters is 1. The highest BCUT2D eigenvalue weighted by Crippen LogP contribution is 2.32. The molecule has 2 aliphatic rings. The summed E-state index contributed by atoms with van der Waals surface area (Å²) in [6.07, 6.45) is 0.728. The monoisotopic (exact) mass is 456 g/mol. The molecule has 0 spiro atoms. The molecule has 0 unspecified atom stereocenters. The number of halogens is 1. The molecule has 2 heterocycles. The van der Waals surface area contributed by atoms with Gasteiger partial charge < -0.3 is 24.4 Å². The molecule has 2 aromatic rings. The molecule has 4 rings (SSSR count). The number of nitrogens with zero attached hydrogens (tertiary/aromatic N) is 1. The number of likely N-dealkylation sites (N-methyl/N-ethyl adjacent to an activating group) is 1. The van der Waals surface area contributed by atoms with Crippen LogP contribution in [0.4, 0.5) is 10.1 Å². The molecule has 174 valence electrons. The van der Waals surface area contributed by atoms with Crippen molar-refractivity contribution in [3.63, 3.8) is 0 Å². The van der Waals surface area contributed by atoms with Gasteiger partial charge in [-0.05, 0) is 43.2 Å². The minimum atomic E-state index is -0.630. The third-order valence-electron chi connectivity index (χ3n) is 6.01. The SMILES string of the molecule is COC(=O)C[C@@H]1CC[C@H]2[C@H](COc3ccc(NC(=O)c4ccccc4F)cc3C(=O)N2C)O1. The van der Waals surface area contributed by atoms with Crippen molar-refractivity contribution in [3.8, 4) is 5.75 Å². The number of nitrogens with one attached hydrogen (secondary N) is 1.